The van der Waals surface area contributed by atoms with Gasteiger partial charge in [0.1, 0.15) is 11.6 Å². The summed E-state index contributed by atoms with van der Waals surface area (Å²) in [6.45, 7) is 9.90. The van der Waals surface area contributed by atoms with Gasteiger partial charge >= 0.3 is 0 Å². The summed E-state index contributed by atoms with van der Waals surface area (Å²) in [5, 5.41) is 0. The largest absolute Gasteiger partial charge is 0.497 e. The molecule has 2 aliphatic rings. The van der Waals surface area contributed by atoms with Gasteiger partial charge in [0.25, 0.3) is 0 Å². The highest BCUT2D eigenvalue weighted by molar-refractivity contribution is 5.80. The van der Waals surface area contributed by atoms with Crippen LogP contribution < -0.4 is 4.74 Å². The minimum atomic E-state index is -0.168. The maximum Gasteiger partial charge on any atom is 0.132 e. The van der Waals surface area contributed by atoms with E-state index >= 15 is 0 Å². The Morgan fingerprint density at radius 2 is 1.91 bits per heavy atom. The molecule has 1 saturated heterocycles. The molecule has 0 spiro atoms. The first-order valence-corrected chi connectivity index (χ1v) is 11.6. The summed E-state index contributed by atoms with van der Waals surface area (Å²) >= 11 is 0. The van der Waals surface area contributed by atoms with Crippen molar-refractivity contribution in [3.63, 3.8) is 0 Å². The molecule has 0 saturated carbocycles. The van der Waals surface area contributed by atoms with Crippen molar-refractivity contribution in [2.75, 3.05) is 13.7 Å². The first-order chi connectivity index (χ1) is 15.4. The predicted molar refractivity (Wildman–Crippen MR) is 130 cm³/mol. The van der Waals surface area contributed by atoms with Crippen LogP contribution in [0.2, 0.25) is 0 Å². The number of imidazole rings is 1. The van der Waals surface area contributed by atoms with Crippen LogP contribution in [0.3, 0.4) is 0 Å². The van der Waals surface area contributed by atoms with Crippen LogP contribution >= 0.6 is 0 Å². The molecular weight excluding hydrogens is 394 g/mol. The van der Waals surface area contributed by atoms with E-state index in [1.807, 2.05) is 12.1 Å². The van der Waals surface area contributed by atoms with Gasteiger partial charge < -0.3 is 14.6 Å². The predicted octanol–water partition coefficient (Wildman–Crippen LogP) is 6.32. The van der Waals surface area contributed by atoms with Gasteiger partial charge in [-0.05, 0) is 93.5 Å². The Morgan fingerprint density at radius 3 is 2.66 bits per heavy atom. The average molecular weight is 427 g/mol. The SMILES string of the molecule is COc1ccc(C2[C]=C(N3CCC[C@@]3(C)c3nc4c(C)c(C)ccc4[nH]3)C(C)=CC2)cc1. The lowest BCUT2D eigenvalue weighted by molar-refractivity contribution is 0.197. The lowest BCUT2D eigenvalue weighted by atomic mass is 9.87. The number of fused-ring (bicyclic) bond motifs is 1. The third-order valence-electron chi connectivity index (χ3n) is 7.46. The molecule has 0 bridgehead atoms. The fourth-order valence-electron chi connectivity index (χ4n) is 5.21. The van der Waals surface area contributed by atoms with Crippen molar-refractivity contribution >= 4 is 11.0 Å². The van der Waals surface area contributed by atoms with Gasteiger partial charge in [-0.2, -0.15) is 0 Å². The summed E-state index contributed by atoms with van der Waals surface area (Å²) in [5.41, 5.74) is 8.42. The van der Waals surface area contributed by atoms with Crippen molar-refractivity contribution < 1.29 is 4.74 Å². The molecule has 1 unspecified atom stereocenters. The van der Waals surface area contributed by atoms with Crippen LogP contribution in [0.4, 0.5) is 0 Å². The summed E-state index contributed by atoms with van der Waals surface area (Å²) < 4.78 is 5.34. The number of likely N-dealkylation sites (tertiary alicyclic amines) is 1. The van der Waals surface area contributed by atoms with Crippen LogP contribution in [0.1, 0.15) is 61.5 Å². The minimum Gasteiger partial charge on any atom is -0.497 e. The highest BCUT2D eigenvalue weighted by Crippen LogP contribution is 2.44. The van der Waals surface area contributed by atoms with Crippen LogP contribution in [0, 0.1) is 19.9 Å². The standard InChI is InChI=1S/C28H32N3O/c1-18-8-14-24-26(20(18)3)30-27(29-24)28(4)15-6-16-31(28)25-17-22(9-7-19(25)2)21-10-12-23(32-5)13-11-21/h7-8,10-14,22H,6,9,15-16H2,1-5H3,(H,29,30)/t22?,28-/m0/s1. The second-order valence-corrected chi connectivity index (χ2v) is 9.46. The van der Waals surface area contributed by atoms with Crippen molar-refractivity contribution in [1.82, 2.24) is 14.9 Å². The third-order valence-corrected chi connectivity index (χ3v) is 7.46. The number of aryl methyl sites for hydroxylation is 2. The van der Waals surface area contributed by atoms with Gasteiger partial charge in [-0.25, -0.2) is 4.98 Å². The topological polar surface area (TPSA) is 41.1 Å². The number of benzene rings is 2. The molecule has 1 fully saturated rings. The lowest BCUT2D eigenvalue weighted by Gasteiger charge is -2.39. The van der Waals surface area contributed by atoms with Gasteiger partial charge in [0.15, 0.2) is 0 Å². The second-order valence-electron chi connectivity index (χ2n) is 9.46. The van der Waals surface area contributed by atoms with E-state index in [9.17, 15) is 0 Å². The molecule has 32 heavy (non-hydrogen) atoms. The van der Waals surface area contributed by atoms with Gasteiger partial charge in [-0.3, -0.25) is 0 Å². The van der Waals surface area contributed by atoms with Gasteiger partial charge in [-0.1, -0.05) is 24.3 Å². The van der Waals surface area contributed by atoms with Crippen molar-refractivity contribution in [3.8, 4) is 5.75 Å². The summed E-state index contributed by atoms with van der Waals surface area (Å²) in [6.07, 6.45) is 9.45. The molecule has 2 heterocycles. The number of hydrogen-bond donors (Lipinski definition) is 1. The highest BCUT2D eigenvalue weighted by Gasteiger charge is 2.42. The highest BCUT2D eigenvalue weighted by atomic mass is 16.5. The van der Waals surface area contributed by atoms with E-state index in [0.717, 1.165) is 48.4 Å². The van der Waals surface area contributed by atoms with Crippen molar-refractivity contribution in [2.24, 2.45) is 0 Å². The second kappa shape index (κ2) is 7.84. The first kappa shape index (κ1) is 20.9. The van der Waals surface area contributed by atoms with E-state index in [1.165, 1.54) is 28.0 Å². The lowest BCUT2D eigenvalue weighted by Crippen LogP contribution is -2.40. The Labute approximate surface area is 191 Å². The number of ether oxygens (including phenoxy) is 1. The molecule has 1 aliphatic heterocycles. The Morgan fingerprint density at radius 1 is 1.12 bits per heavy atom. The van der Waals surface area contributed by atoms with Crippen LogP contribution in [-0.4, -0.2) is 28.5 Å². The minimum absolute atomic E-state index is 0.168. The molecule has 3 aromatic rings. The Kier molecular flexibility index (Phi) is 5.11. The zero-order chi connectivity index (χ0) is 22.5. The van der Waals surface area contributed by atoms with Crippen molar-refractivity contribution in [3.05, 3.63) is 82.3 Å². The molecule has 1 aromatic heterocycles. The molecule has 1 radical (unpaired) electrons. The third kappa shape index (κ3) is 3.33. The maximum absolute atomic E-state index is 5.34. The number of nitrogens with zero attached hydrogens (tertiary/aromatic N) is 2. The molecule has 5 rings (SSSR count). The van der Waals surface area contributed by atoms with Crippen LogP contribution in [-0.2, 0) is 5.54 Å². The maximum atomic E-state index is 5.34. The number of rotatable bonds is 4. The number of hydrogen-bond acceptors (Lipinski definition) is 3. The molecule has 1 N–H and O–H groups in total. The Hall–Kier alpha value is -3.01. The molecule has 2 aromatic carbocycles. The molecule has 165 valence electrons. The Balaban J connectivity index is 1.52. The van der Waals surface area contributed by atoms with Crippen LogP contribution in [0.15, 0.2) is 53.7 Å². The van der Waals surface area contributed by atoms with E-state index in [2.05, 4.69) is 74.0 Å². The first-order valence-electron chi connectivity index (χ1n) is 11.6. The molecule has 0 amide bonds. The van der Waals surface area contributed by atoms with Gasteiger partial charge in [0.2, 0.25) is 0 Å². The van der Waals surface area contributed by atoms with E-state index in [0.29, 0.717) is 0 Å². The fraction of sp³-hybridized carbons (Fsp3) is 0.393. The number of aromatic nitrogens is 2. The van der Waals surface area contributed by atoms with Crippen LogP contribution in [0.5, 0.6) is 5.75 Å². The van der Waals surface area contributed by atoms with E-state index < -0.39 is 0 Å². The molecule has 4 heteroatoms. The zero-order valence-electron chi connectivity index (χ0n) is 19.7. The van der Waals surface area contributed by atoms with Crippen LogP contribution in [0.25, 0.3) is 11.0 Å². The average Bonchev–Trinajstić information content (AvgIpc) is 3.42. The molecule has 2 atom stereocenters. The zero-order valence-corrected chi connectivity index (χ0v) is 19.7. The smallest absolute Gasteiger partial charge is 0.132 e. The van der Waals surface area contributed by atoms with E-state index in [1.54, 1.807) is 7.11 Å². The number of aromatic amines is 1. The number of methoxy groups -OCH3 is 1. The summed E-state index contributed by atoms with van der Waals surface area (Å²) in [5.74, 6) is 2.21. The van der Waals surface area contributed by atoms with Gasteiger partial charge in [0, 0.05) is 18.2 Å². The van der Waals surface area contributed by atoms with Gasteiger partial charge in [-0.15, -0.1) is 0 Å². The van der Waals surface area contributed by atoms with Crippen molar-refractivity contribution in [1.29, 1.82) is 0 Å². The number of H-pyrrole nitrogens is 1. The normalized spacial score (nSPS) is 23.4. The summed E-state index contributed by atoms with van der Waals surface area (Å²) in [7, 11) is 1.71. The number of nitrogens with one attached hydrogen (secondary N) is 1. The van der Waals surface area contributed by atoms with Gasteiger partial charge in [0.05, 0.1) is 23.7 Å². The fourth-order valence-corrected chi connectivity index (χ4v) is 5.21. The van der Waals surface area contributed by atoms with E-state index in [4.69, 9.17) is 9.72 Å². The molecule has 1 aliphatic carbocycles. The van der Waals surface area contributed by atoms with E-state index in [-0.39, 0.29) is 11.5 Å². The molecule has 4 nitrogen and oxygen atoms in total. The molecular formula is C28H32N3O. The summed E-state index contributed by atoms with van der Waals surface area (Å²) in [6, 6.07) is 12.7. The quantitative estimate of drug-likeness (QED) is 0.531. The Bertz CT molecular complexity index is 1220. The monoisotopic (exact) mass is 426 g/mol. The van der Waals surface area contributed by atoms with Crippen molar-refractivity contribution in [2.45, 2.75) is 58.4 Å². The summed E-state index contributed by atoms with van der Waals surface area (Å²) in [4.78, 5) is 11.3. The number of allylic oxidation sites excluding steroid dienone is 3.